The van der Waals surface area contributed by atoms with Gasteiger partial charge in [0.05, 0.1) is 19.4 Å². The Bertz CT molecular complexity index is 558. The topological polar surface area (TPSA) is 70.3 Å². The molecule has 1 heterocycles. The van der Waals surface area contributed by atoms with Crippen molar-refractivity contribution in [3.63, 3.8) is 0 Å². The van der Waals surface area contributed by atoms with Crippen molar-refractivity contribution in [3.8, 4) is 22.9 Å². The van der Waals surface area contributed by atoms with Crippen LogP contribution in [0.25, 0.3) is 11.3 Å². The predicted molar refractivity (Wildman–Crippen MR) is 74.2 cm³/mol. The Kier molecular flexibility index (Phi) is 4.18. The van der Waals surface area contributed by atoms with Gasteiger partial charge < -0.3 is 15.2 Å². The Hall–Kier alpha value is -2.30. The smallest absolute Gasteiger partial charge is 0.223 e. The van der Waals surface area contributed by atoms with E-state index in [0.717, 1.165) is 17.7 Å². The van der Waals surface area contributed by atoms with Gasteiger partial charge in [-0.05, 0) is 18.6 Å². The van der Waals surface area contributed by atoms with Crippen molar-refractivity contribution < 1.29 is 9.47 Å². The Labute approximate surface area is 112 Å². The first-order valence-electron chi connectivity index (χ1n) is 6.15. The zero-order valence-electron chi connectivity index (χ0n) is 11.1. The van der Waals surface area contributed by atoms with Gasteiger partial charge in [-0.1, -0.05) is 19.1 Å². The number of benzene rings is 1. The lowest BCUT2D eigenvalue weighted by Gasteiger charge is -2.11. The number of anilines is 1. The maximum absolute atomic E-state index is 5.71. The Morgan fingerprint density at radius 2 is 2.00 bits per heavy atom. The van der Waals surface area contributed by atoms with Crippen molar-refractivity contribution >= 4 is 5.95 Å². The Balaban J connectivity index is 2.43. The van der Waals surface area contributed by atoms with Gasteiger partial charge in [-0.15, -0.1) is 0 Å². The SMILES string of the molecule is CCCOc1ccccc1-c1cc(OC)nc(N)n1. The molecule has 0 fully saturated rings. The fraction of sp³-hybridized carbons (Fsp3) is 0.286. The zero-order chi connectivity index (χ0) is 13.7. The second kappa shape index (κ2) is 6.04. The lowest BCUT2D eigenvalue weighted by atomic mass is 10.1. The summed E-state index contributed by atoms with van der Waals surface area (Å²) in [4.78, 5) is 8.20. The van der Waals surface area contributed by atoms with Gasteiger partial charge in [0.15, 0.2) is 0 Å². The van der Waals surface area contributed by atoms with Gasteiger partial charge in [-0.2, -0.15) is 4.98 Å². The van der Waals surface area contributed by atoms with E-state index < -0.39 is 0 Å². The molecule has 0 aliphatic carbocycles. The van der Waals surface area contributed by atoms with Gasteiger partial charge in [-0.25, -0.2) is 4.98 Å². The summed E-state index contributed by atoms with van der Waals surface area (Å²) in [5.74, 6) is 1.40. The third-order valence-electron chi connectivity index (χ3n) is 2.55. The van der Waals surface area contributed by atoms with Crippen LogP contribution in [0.2, 0.25) is 0 Å². The van der Waals surface area contributed by atoms with E-state index in [4.69, 9.17) is 15.2 Å². The average Bonchev–Trinajstić information content (AvgIpc) is 2.44. The minimum Gasteiger partial charge on any atom is -0.493 e. The summed E-state index contributed by atoms with van der Waals surface area (Å²) in [5.41, 5.74) is 7.25. The van der Waals surface area contributed by atoms with Gasteiger partial charge in [0.25, 0.3) is 0 Å². The van der Waals surface area contributed by atoms with E-state index in [2.05, 4.69) is 16.9 Å². The number of methoxy groups -OCH3 is 1. The first-order valence-corrected chi connectivity index (χ1v) is 6.15. The number of rotatable bonds is 5. The number of aromatic nitrogens is 2. The van der Waals surface area contributed by atoms with Gasteiger partial charge >= 0.3 is 0 Å². The number of ether oxygens (including phenoxy) is 2. The number of para-hydroxylation sites is 1. The highest BCUT2D eigenvalue weighted by Crippen LogP contribution is 2.30. The van der Waals surface area contributed by atoms with E-state index in [1.165, 1.54) is 0 Å². The predicted octanol–water partition coefficient (Wildman–Crippen LogP) is 2.52. The van der Waals surface area contributed by atoms with Crippen molar-refractivity contribution in [2.24, 2.45) is 0 Å². The molecule has 2 N–H and O–H groups in total. The minimum absolute atomic E-state index is 0.180. The van der Waals surface area contributed by atoms with E-state index in [9.17, 15) is 0 Å². The second-order valence-electron chi connectivity index (χ2n) is 4.00. The molecule has 0 aliphatic rings. The summed E-state index contributed by atoms with van der Waals surface area (Å²) < 4.78 is 10.8. The third kappa shape index (κ3) is 3.13. The molecule has 1 aromatic carbocycles. The largest absolute Gasteiger partial charge is 0.493 e. The number of hydrogen-bond donors (Lipinski definition) is 1. The van der Waals surface area contributed by atoms with Gasteiger partial charge in [0.1, 0.15) is 5.75 Å². The molecule has 2 rings (SSSR count). The number of nitrogens with zero attached hydrogens (tertiary/aromatic N) is 2. The molecule has 2 aromatic rings. The number of nitrogens with two attached hydrogens (primary N) is 1. The molecular formula is C14H17N3O2. The van der Waals surface area contributed by atoms with Crippen LogP contribution in [0.5, 0.6) is 11.6 Å². The summed E-state index contributed by atoms with van der Waals surface area (Å²) in [6.45, 7) is 2.73. The molecule has 0 aliphatic heterocycles. The molecule has 0 saturated carbocycles. The van der Waals surface area contributed by atoms with Crippen LogP contribution in [-0.4, -0.2) is 23.7 Å². The first kappa shape index (κ1) is 13.1. The van der Waals surface area contributed by atoms with E-state index in [1.807, 2.05) is 24.3 Å². The maximum atomic E-state index is 5.71. The standard InChI is InChI=1S/C14H17N3O2/c1-3-8-19-12-7-5-4-6-10(12)11-9-13(18-2)17-14(15)16-11/h4-7,9H,3,8H2,1-2H3,(H2,15,16,17). The third-order valence-corrected chi connectivity index (χ3v) is 2.55. The Morgan fingerprint density at radius 3 is 2.74 bits per heavy atom. The van der Waals surface area contributed by atoms with Crippen LogP contribution in [0.1, 0.15) is 13.3 Å². The summed E-state index contributed by atoms with van der Waals surface area (Å²) >= 11 is 0. The second-order valence-corrected chi connectivity index (χ2v) is 4.00. The molecule has 100 valence electrons. The van der Waals surface area contributed by atoms with Gasteiger partial charge in [-0.3, -0.25) is 0 Å². The molecule has 0 radical (unpaired) electrons. The molecule has 0 saturated heterocycles. The van der Waals surface area contributed by atoms with E-state index in [-0.39, 0.29) is 5.95 Å². The van der Waals surface area contributed by atoms with Crippen LogP contribution in [0.4, 0.5) is 5.95 Å². The fourth-order valence-electron chi connectivity index (χ4n) is 1.70. The monoisotopic (exact) mass is 259 g/mol. The Morgan fingerprint density at radius 1 is 1.21 bits per heavy atom. The van der Waals surface area contributed by atoms with Crippen LogP contribution in [0.3, 0.4) is 0 Å². The molecule has 19 heavy (non-hydrogen) atoms. The first-order chi connectivity index (χ1) is 9.24. The van der Waals surface area contributed by atoms with E-state index in [1.54, 1.807) is 13.2 Å². The van der Waals surface area contributed by atoms with Gasteiger partial charge in [0, 0.05) is 11.6 Å². The molecule has 0 unspecified atom stereocenters. The molecule has 5 heteroatoms. The normalized spacial score (nSPS) is 10.2. The summed E-state index contributed by atoms with van der Waals surface area (Å²) in [7, 11) is 1.55. The van der Waals surface area contributed by atoms with E-state index >= 15 is 0 Å². The van der Waals surface area contributed by atoms with Crippen LogP contribution in [0.15, 0.2) is 30.3 Å². The van der Waals surface area contributed by atoms with Crippen LogP contribution >= 0.6 is 0 Å². The quantitative estimate of drug-likeness (QED) is 0.893. The summed E-state index contributed by atoms with van der Waals surface area (Å²) in [6, 6.07) is 9.45. The molecular weight excluding hydrogens is 242 g/mol. The van der Waals surface area contributed by atoms with Crippen LogP contribution < -0.4 is 15.2 Å². The summed E-state index contributed by atoms with van der Waals surface area (Å²) in [5, 5.41) is 0. The van der Waals surface area contributed by atoms with E-state index in [0.29, 0.717) is 18.2 Å². The highest BCUT2D eigenvalue weighted by atomic mass is 16.5. The highest BCUT2D eigenvalue weighted by molar-refractivity contribution is 5.68. The molecule has 0 amide bonds. The lowest BCUT2D eigenvalue weighted by molar-refractivity contribution is 0.318. The molecule has 0 bridgehead atoms. The van der Waals surface area contributed by atoms with Crippen LogP contribution in [0, 0.1) is 0 Å². The number of hydrogen-bond acceptors (Lipinski definition) is 5. The molecule has 0 spiro atoms. The van der Waals surface area contributed by atoms with Crippen molar-refractivity contribution in [2.75, 3.05) is 19.5 Å². The molecule has 0 atom stereocenters. The summed E-state index contributed by atoms with van der Waals surface area (Å²) in [6.07, 6.45) is 0.948. The van der Waals surface area contributed by atoms with Crippen molar-refractivity contribution in [3.05, 3.63) is 30.3 Å². The van der Waals surface area contributed by atoms with Gasteiger partial charge in [0.2, 0.25) is 11.8 Å². The van der Waals surface area contributed by atoms with Crippen molar-refractivity contribution in [1.82, 2.24) is 9.97 Å². The highest BCUT2D eigenvalue weighted by Gasteiger charge is 2.10. The van der Waals surface area contributed by atoms with Crippen LogP contribution in [-0.2, 0) is 0 Å². The number of nitrogen functional groups attached to an aromatic ring is 1. The average molecular weight is 259 g/mol. The lowest BCUT2D eigenvalue weighted by Crippen LogP contribution is -2.01. The zero-order valence-corrected chi connectivity index (χ0v) is 11.1. The van der Waals surface area contributed by atoms with Crippen molar-refractivity contribution in [2.45, 2.75) is 13.3 Å². The maximum Gasteiger partial charge on any atom is 0.223 e. The van der Waals surface area contributed by atoms with Crippen molar-refractivity contribution in [1.29, 1.82) is 0 Å². The minimum atomic E-state index is 0.180. The molecule has 5 nitrogen and oxygen atoms in total. The molecule has 1 aromatic heterocycles. The fourth-order valence-corrected chi connectivity index (χ4v) is 1.70.